The molecule has 6 aromatic carbocycles. The maximum Gasteiger partial charge on any atom is 0.164 e. The molecule has 2 aromatic heterocycles. The number of ether oxygens (including phenoxy) is 1. The summed E-state index contributed by atoms with van der Waals surface area (Å²) in [6.07, 6.45) is 1.78. The van der Waals surface area contributed by atoms with Gasteiger partial charge < -0.3 is 9.15 Å². The van der Waals surface area contributed by atoms with Gasteiger partial charge >= 0.3 is 0 Å². The molecule has 4 heteroatoms. The Bertz CT molecular complexity index is 2440. The standard InChI is InChI=1S/C43H26N2O2/c1-3-12-27(13-4-1)36-26-37(28-14-5-2-6-15-28)45-42(44-36)31-17-11-20-35-41(31)47-38-21-10-9-19-33(38)43(35)32-18-8-7-16-30(32)39-34(43)23-22-29-24-25-46-40(29)39/h1-26H. The van der Waals surface area contributed by atoms with Gasteiger partial charge in [-0.3, -0.25) is 0 Å². The van der Waals surface area contributed by atoms with Crippen LogP contribution in [0.5, 0.6) is 11.5 Å². The molecule has 1 aliphatic carbocycles. The third kappa shape index (κ3) is 3.64. The third-order valence-electron chi connectivity index (χ3n) is 9.65. The van der Waals surface area contributed by atoms with Crippen LogP contribution in [0.15, 0.2) is 162 Å². The van der Waals surface area contributed by atoms with Gasteiger partial charge in [-0.2, -0.15) is 0 Å². The Morgan fingerprint density at radius 3 is 1.89 bits per heavy atom. The van der Waals surface area contributed by atoms with Gasteiger partial charge in [0.2, 0.25) is 0 Å². The highest BCUT2D eigenvalue weighted by atomic mass is 16.5. The van der Waals surface area contributed by atoms with Gasteiger partial charge in [-0.25, -0.2) is 9.97 Å². The van der Waals surface area contributed by atoms with Crippen LogP contribution < -0.4 is 4.74 Å². The Labute approximate surface area is 271 Å². The van der Waals surface area contributed by atoms with E-state index < -0.39 is 5.41 Å². The van der Waals surface area contributed by atoms with Gasteiger partial charge in [-0.15, -0.1) is 0 Å². The molecule has 1 unspecified atom stereocenters. The summed E-state index contributed by atoms with van der Waals surface area (Å²) in [6, 6.07) is 52.6. The van der Waals surface area contributed by atoms with Gasteiger partial charge in [-0.05, 0) is 41.0 Å². The van der Waals surface area contributed by atoms with Crippen LogP contribution in [0.2, 0.25) is 0 Å². The fraction of sp³-hybridized carbons (Fsp3) is 0.0233. The van der Waals surface area contributed by atoms with Crippen molar-refractivity contribution in [3.05, 3.63) is 180 Å². The lowest BCUT2D eigenvalue weighted by Gasteiger charge is -2.39. The molecule has 8 aromatic rings. The minimum atomic E-state index is -0.633. The van der Waals surface area contributed by atoms with E-state index in [9.17, 15) is 0 Å². The Kier molecular flexibility index (Phi) is 5.46. The molecule has 0 radical (unpaired) electrons. The second kappa shape index (κ2) is 9.87. The highest BCUT2D eigenvalue weighted by molar-refractivity contribution is 6.02. The minimum Gasteiger partial charge on any atom is -0.464 e. The summed E-state index contributed by atoms with van der Waals surface area (Å²) < 4.78 is 13.1. The van der Waals surface area contributed by atoms with Crippen molar-refractivity contribution in [2.75, 3.05) is 0 Å². The molecule has 0 saturated carbocycles. The fourth-order valence-corrected chi connectivity index (χ4v) is 7.69. The fourth-order valence-electron chi connectivity index (χ4n) is 7.69. The second-order valence-corrected chi connectivity index (χ2v) is 12.1. The Morgan fingerprint density at radius 1 is 0.489 bits per heavy atom. The molecule has 2 aliphatic rings. The first-order chi connectivity index (χ1) is 23.3. The summed E-state index contributed by atoms with van der Waals surface area (Å²) in [6.45, 7) is 0. The predicted molar refractivity (Wildman–Crippen MR) is 185 cm³/mol. The number of hydrogen-bond acceptors (Lipinski definition) is 4. The van der Waals surface area contributed by atoms with E-state index in [0.717, 1.165) is 67.2 Å². The van der Waals surface area contributed by atoms with Gasteiger partial charge in [-0.1, -0.05) is 127 Å². The van der Waals surface area contributed by atoms with Gasteiger partial charge in [0.05, 0.1) is 28.6 Å². The monoisotopic (exact) mass is 602 g/mol. The molecule has 1 atom stereocenters. The molecule has 0 fully saturated rings. The van der Waals surface area contributed by atoms with Crippen molar-refractivity contribution in [2.45, 2.75) is 5.41 Å². The number of benzene rings is 6. The lowest BCUT2D eigenvalue weighted by molar-refractivity contribution is 0.437. The molecular formula is C43H26N2O2. The molecule has 1 aliphatic heterocycles. The first kappa shape index (κ1) is 26.0. The molecule has 0 saturated heterocycles. The van der Waals surface area contributed by atoms with Crippen molar-refractivity contribution in [3.63, 3.8) is 0 Å². The van der Waals surface area contributed by atoms with Crippen LogP contribution in [0.3, 0.4) is 0 Å². The molecule has 0 amide bonds. The molecule has 10 rings (SSSR count). The van der Waals surface area contributed by atoms with E-state index in [2.05, 4.69) is 103 Å². The predicted octanol–water partition coefficient (Wildman–Crippen LogP) is 10.7. The topological polar surface area (TPSA) is 48.2 Å². The van der Waals surface area contributed by atoms with Crippen molar-refractivity contribution in [1.82, 2.24) is 9.97 Å². The van der Waals surface area contributed by atoms with Crippen LogP contribution in [-0.2, 0) is 5.41 Å². The quantitative estimate of drug-likeness (QED) is 0.202. The van der Waals surface area contributed by atoms with E-state index in [1.807, 2.05) is 48.5 Å². The second-order valence-electron chi connectivity index (χ2n) is 12.1. The highest BCUT2D eigenvalue weighted by Gasteiger charge is 2.52. The molecule has 1 spiro atoms. The van der Waals surface area contributed by atoms with Crippen LogP contribution in [0.25, 0.3) is 56.0 Å². The van der Waals surface area contributed by atoms with E-state index in [1.54, 1.807) is 6.26 Å². The SMILES string of the molecule is c1ccc(-c2cc(-c3ccccc3)nc(-c3cccc4c3Oc3ccccc3C43c4ccccc4-c4c3ccc3ccoc43)n2)cc1. The summed E-state index contributed by atoms with van der Waals surface area (Å²) in [4.78, 5) is 10.4. The van der Waals surface area contributed by atoms with Gasteiger partial charge in [0.25, 0.3) is 0 Å². The number of rotatable bonds is 3. The summed E-state index contributed by atoms with van der Waals surface area (Å²) in [7, 11) is 0. The maximum atomic E-state index is 6.94. The van der Waals surface area contributed by atoms with E-state index in [-0.39, 0.29) is 0 Å². The molecule has 0 N–H and O–H groups in total. The highest BCUT2D eigenvalue weighted by Crippen LogP contribution is 2.64. The van der Waals surface area contributed by atoms with E-state index in [0.29, 0.717) is 5.82 Å². The molecule has 47 heavy (non-hydrogen) atoms. The van der Waals surface area contributed by atoms with Crippen molar-refractivity contribution in [2.24, 2.45) is 0 Å². The molecule has 4 nitrogen and oxygen atoms in total. The van der Waals surface area contributed by atoms with Crippen LogP contribution in [0.4, 0.5) is 0 Å². The number of furan rings is 1. The van der Waals surface area contributed by atoms with Crippen LogP contribution in [-0.4, -0.2) is 9.97 Å². The Morgan fingerprint density at radius 2 is 1.13 bits per heavy atom. The number of para-hydroxylation sites is 2. The van der Waals surface area contributed by atoms with Gasteiger partial charge in [0, 0.05) is 33.2 Å². The number of fused-ring (bicyclic) bond motifs is 11. The first-order valence-corrected chi connectivity index (χ1v) is 15.8. The zero-order valence-electron chi connectivity index (χ0n) is 25.2. The van der Waals surface area contributed by atoms with Crippen LogP contribution in [0.1, 0.15) is 22.3 Å². The van der Waals surface area contributed by atoms with Gasteiger partial charge in [0.1, 0.15) is 17.1 Å². The van der Waals surface area contributed by atoms with E-state index in [1.165, 1.54) is 16.7 Å². The zero-order valence-corrected chi connectivity index (χ0v) is 25.2. The van der Waals surface area contributed by atoms with E-state index in [4.69, 9.17) is 19.1 Å². The smallest absolute Gasteiger partial charge is 0.164 e. The van der Waals surface area contributed by atoms with Crippen molar-refractivity contribution in [1.29, 1.82) is 0 Å². The van der Waals surface area contributed by atoms with Crippen molar-refractivity contribution < 1.29 is 9.15 Å². The molecule has 3 heterocycles. The molecule has 220 valence electrons. The van der Waals surface area contributed by atoms with Crippen molar-refractivity contribution in [3.8, 4) is 56.5 Å². The lowest BCUT2D eigenvalue weighted by atomic mass is 9.65. The third-order valence-corrected chi connectivity index (χ3v) is 9.65. The van der Waals surface area contributed by atoms with Crippen LogP contribution >= 0.6 is 0 Å². The molecular weight excluding hydrogens is 576 g/mol. The van der Waals surface area contributed by atoms with E-state index >= 15 is 0 Å². The maximum absolute atomic E-state index is 6.94. The molecule has 0 bridgehead atoms. The zero-order chi connectivity index (χ0) is 31.0. The Balaban J connectivity index is 1.29. The first-order valence-electron chi connectivity index (χ1n) is 15.8. The van der Waals surface area contributed by atoms with Crippen molar-refractivity contribution >= 4 is 11.0 Å². The summed E-state index contributed by atoms with van der Waals surface area (Å²) >= 11 is 0. The number of aromatic nitrogens is 2. The number of nitrogens with zero attached hydrogens (tertiary/aromatic N) is 2. The van der Waals surface area contributed by atoms with Crippen LogP contribution in [0, 0.1) is 0 Å². The summed E-state index contributed by atoms with van der Waals surface area (Å²) in [5.41, 5.74) is 11.7. The average molecular weight is 603 g/mol. The van der Waals surface area contributed by atoms with Gasteiger partial charge in [0.15, 0.2) is 5.82 Å². The minimum absolute atomic E-state index is 0.615. The average Bonchev–Trinajstić information content (AvgIpc) is 3.74. The summed E-state index contributed by atoms with van der Waals surface area (Å²) in [5.74, 6) is 2.19. The Hall–Kier alpha value is -6.26. The number of hydrogen-bond donors (Lipinski definition) is 0. The largest absolute Gasteiger partial charge is 0.464 e. The normalized spacial score (nSPS) is 15.5. The summed E-state index contributed by atoms with van der Waals surface area (Å²) in [5, 5.41) is 1.09. The lowest BCUT2D eigenvalue weighted by Crippen LogP contribution is -2.32.